The van der Waals surface area contributed by atoms with Crippen LogP contribution < -0.4 is 0 Å². The molecule has 0 atom stereocenters. The van der Waals surface area contributed by atoms with E-state index in [1.165, 1.54) is 0 Å². The first-order valence-corrected chi connectivity index (χ1v) is 1.24. The molecule has 0 aliphatic rings. The Labute approximate surface area is 57.6 Å². The fraction of sp³-hybridized carbons (Fsp3) is 1.00. The van der Waals surface area contributed by atoms with Gasteiger partial charge in [0.15, 0.2) is 0 Å². The number of hydrogen-bond donors (Lipinski definition) is 1. The number of hydrogen-bond acceptors (Lipinski definition) is 1. The quantitative estimate of drug-likeness (QED) is 0.369. The van der Waals surface area contributed by atoms with Crippen molar-refractivity contribution in [2.75, 3.05) is 0 Å². The number of rotatable bonds is 0. The van der Waals surface area contributed by atoms with E-state index in [9.17, 15) is 13.2 Å². The Morgan fingerprint density at radius 3 is 1.33 bits per heavy atom. The van der Waals surface area contributed by atoms with Crippen LogP contribution in [0, 0.1) is 0 Å². The van der Waals surface area contributed by atoms with Gasteiger partial charge in [0.1, 0.15) is 0 Å². The van der Waals surface area contributed by atoms with Crippen LogP contribution in [0.2, 0.25) is 0 Å². The van der Waals surface area contributed by atoms with Crippen LogP contribution in [0.4, 0.5) is 13.2 Å². The van der Waals surface area contributed by atoms with Crippen molar-refractivity contribution in [1.82, 2.24) is 0 Å². The van der Waals surface area contributed by atoms with Crippen molar-refractivity contribution >= 4 is 35.7 Å². The zero-order valence-corrected chi connectivity index (χ0v) is 5.10. The minimum absolute atomic E-state index is 0. The van der Waals surface area contributed by atoms with Crippen LogP contribution in [-0.2, 0) is 0 Å². The second-order valence-electron chi connectivity index (χ2n) is 0.468. The molecule has 0 aromatic rings. The molecule has 0 N–H and O–H groups in total. The molecule has 0 spiro atoms. The van der Waals surface area contributed by atoms with Gasteiger partial charge in [-0.2, -0.15) is 13.2 Å². The van der Waals surface area contributed by atoms with E-state index >= 15 is 0 Å². The third-order valence-electron chi connectivity index (χ3n) is 0. The molecule has 0 saturated heterocycles. The molecule has 0 saturated carbocycles. The van der Waals surface area contributed by atoms with Crippen LogP contribution in [0.1, 0.15) is 2.85 Å². The Balaban J connectivity index is -0.0000000267. The topological polar surface area (TPSA) is 0 Å². The van der Waals surface area contributed by atoms with Crippen molar-refractivity contribution in [3.05, 3.63) is 0 Å². The predicted molar refractivity (Wildman–Crippen MR) is 23.0 cm³/mol. The van der Waals surface area contributed by atoms with Gasteiger partial charge in [-0.1, -0.05) is 12.6 Å². The average Bonchev–Trinajstić information content (AvgIpc) is 0.722. The number of alkyl halides is 3. The fourth-order valence-electron chi connectivity index (χ4n) is 0. The molecule has 0 aliphatic carbocycles. The van der Waals surface area contributed by atoms with Gasteiger partial charge in [-0.3, -0.25) is 0 Å². The first-order valence-electron chi connectivity index (χ1n) is 0.791. The molecule has 0 rings (SSSR count). The zero-order chi connectivity index (χ0) is 4.50. The van der Waals surface area contributed by atoms with Crippen LogP contribution in [-0.4, -0.2) is 28.6 Å². The monoisotopic (exact) mass is 128 g/mol. The normalized spacial score (nSPS) is 10.0. The van der Waals surface area contributed by atoms with Crippen LogP contribution in [0.15, 0.2) is 0 Å². The predicted octanol–water partition coefficient (Wildman–Crippen LogP) is 1.28. The van der Waals surface area contributed by atoms with Crippen molar-refractivity contribution < 1.29 is 16.0 Å². The number of halogens is 3. The summed E-state index contributed by atoms with van der Waals surface area (Å²) in [5, 5.41) is 0. The van der Waals surface area contributed by atoms with E-state index in [2.05, 4.69) is 12.6 Å². The Kier molecular flexibility index (Phi) is 4.97. The molecule has 5 heteroatoms. The molecular weight excluding hydrogens is 125 g/mol. The van der Waals surface area contributed by atoms with Crippen molar-refractivity contribution in [2.24, 2.45) is 0 Å². The van der Waals surface area contributed by atoms with Gasteiger partial charge in [-0.05, 0) is 0 Å². The molecule has 6 heavy (non-hydrogen) atoms. The molecular formula is CH3F3MgS. The summed E-state index contributed by atoms with van der Waals surface area (Å²) in [4.78, 5) is 0. The molecule has 0 aliphatic heterocycles. The van der Waals surface area contributed by atoms with Gasteiger partial charge >= 0.3 is 28.6 Å². The molecule has 0 bridgehead atoms. The maximum atomic E-state index is 10.2. The van der Waals surface area contributed by atoms with Crippen molar-refractivity contribution in [3.63, 3.8) is 0 Å². The van der Waals surface area contributed by atoms with Crippen molar-refractivity contribution in [3.8, 4) is 0 Å². The molecule has 0 aromatic heterocycles. The smallest absolute Gasteiger partial charge is 1.00 e. The Bertz CT molecular complexity index is 32.8. The number of thiol groups is 1. The van der Waals surface area contributed by atoms with Gasteiger partial charge in [0.25, 0.3) is 0 Å². The largest absolute Gasteiger partial charge is 2.00 e. The fourth-order valence-corrected chi connectivity index (χ4v) is 0. The van der Waals surface area contributed by atoms with Crippen LogP contribution >= 0.6 is 12.6 Å². The molecule has 0 amide bonds. The van der Waals surface area contributed by atoms with Crippen molar-refractivity contribution in [2.45, 2.75) is 5.51 Å². The molecule has 0 unspecified atom stereocenters. The summed E-state index contributed by atoms with van der Waals surface area (Å²) < 4.78 is 30.7. The molecule has 0 aromatic carbocycles. The molecule has 0 nitrogen and oxygen atoms in total. The van der Waals surface area contributed by atoms with E-state index in [-0.39, 0.29) is 25.9 Å². The summed E-state index contributed by atoms with van der Waals surface area (Å²) in [7, 11) is 0. The van der Waals surface area contributed by atoms with E-state index in [0.717, 1.165) is 0 Å². The average molecular weight is 128 g/mol. The summed E-state index contributed by atoms with van der Waals surface area (Å²) in [5.41, 5.74) is -4.31. The SMILES string of the molecule is FC(F)(F)S.[H-].[H-].[Mg+2]. The van der Waals surface area contributed by atoms with Crippen LogP contribution in [0.5, 0.6) is 0 Å². The summed E-state index contributed by atoms with van der Waals surface area (Å²) in [6.45, 7) is 0. The summed E-state index contributed by atoms with van der Waals surface area (Å²) in [5.74, 6) is 0. The summed E-state index contributed by atoms with van der Waals surface area (Å²) >= 11 is 2.12. The maximum absolute atomic E-state index is 10.2. The van der Waals surface area contributed by atoms with E-state index in [1.807, 2.05) is 0 Å². The minimum atomic E-state index is -4.31. The Hall–Kier alpha value is 0.906. The molecule has 36 valence electrons. The van der Waals surface area contributed by atoms with Crippen LogP contribution in [0.3, 0.4) is 0 Å². The van der Waals surface area contributed by atoms with Gasteiger partial charge in [0, 0.05) is 0 Å². The second-order valence-corrected chi connectivity index (χ2v) is 0.975. The van der Waals surface area contributed by atoms with Crippen LogP contribution in [0.25, 0.3) is 0 Å². The standard InChI is InChI=1S/CHF3S.Mg.2H/c2-1(3,4)5;;;/h5H;;;/q;+2;2*-1. The summed E-state index contributed by atoms with van der Waals surface area (Å²) in [6.07, 6.45) is 0. The third kappa shape index (κ3) is 91.2. The van der Waals surface area contributed by atoms with E-state index in [4.69, 9.17) is 0 Å². The van der Waals surface area contributed by atoms with Gasteiger partial charge in [0.05, 0.1) is 0 Å². The molecule has 0 radical (unpaired) electrons. The van der Waals surface area contributed by atoms with Gasteiger partial charge in [-0.25, -0.2) is 0 Å². The molecule has 0 fully saturated rings. The second kappa shape index (κ2) is 2.98. The third-order valence-corrected chi connectivity index (χ3v) is 0. The van der Waals surface area contributed by atoms with Gasteiger partial charge < -0.3 is 2.85 Å². The van der Waals surface area contributed by atoms with E-state index in [0.29, 0.717) is 0 Å². The van der Waals surface area contributed by atoms with Gasteiger partial charge in [-0.15, -0.1) is 0 Å². The van der Waals surface area contributed by atoms with Crippen molar-refractivity contribution in [1.29, 1.82) is 0 Å². The Morgan fingerprint density at radius 2 is 1.33 bits per heavy atom. The zero-order valence-electron chi connectivity index (χ0n) is 4.79. The molecule has 0 heterocycles. The first kappa shape index (κ1) is 10.0. The Morgan fingerprint density at radius 1 is 1.33 bits per heavy atom. The first-order chi connectivity index (χ1) is 2.00. The van der Waals surface area contributed by atoms with Gasteiger partial charge in [0.2, 0.25) is 0 Å². The summed E-state index contributed by atoms with van der Waals surface area (Å²) in [6, 6.07) is 0. The maximum Gasteiger partial charge on any atom is 2.00 e. The minimum Gasteiger partial charge on any atom is -1.00 e. The van der Waals surface area contributed by atoms with E-state index < -0.39 is 5.51 Å². The van der Waals surface area contributed by atoms with E-state index in [1.54, 1.807) is 0 Å².